The normalized spacial score (nSPS) is 15.2. The highest BCUT2D eigenvalue weighted by Gasteiger charge is 2.42. The van der Waals surface area contributed by atoms with Crippen molar-refractivity contribution in [2.45, 2.75) is 13.0 Å². The van der Waals surface area contributed by atoms with E-state index in [4.69, 9.17) is 18.6 Å². The van der Waals surface area contributed by atoms with Crippen molar-refractivity contribution >= 4 is 16.9 Å². The Labute approximate surface area is 185 Å². The topological polar surface area (TPSA) is 78.2 Å². The first-order chi connectivity index (χ1) is 15.5. The van der Waals surface area contributed by atoms with Gasteiger partial charge in [0.25, 0.3) is 5.91 Å². The molecule has 0 radical (unpaired) electrons. The van der Waals surface area contributed by atoms with Crippen molar-refractivity contribution in [1.29, 1.82) is 0 Å². The van der Waals surface area contributed by atoms with Crippen LogP contribution in [0.25, 0.3) is 11.0 Å². The van der Waals surface area contributed by atoms with Crippen LogP contribution in [-0.2, 0) is 4.74 Å². The fraction of sp³-hybridized carbons (Fsp3) is 0.280. The maximum Gasteiger partial charge on any atom is 0.290 e. The van der Waals surface area contributed by atoms with Gasteiger partial charge in [0.15, 0.2) is 16.9 Å². The van der Waals surface area contributed by atoms with Crippen LogP contribution in [-0.4, -0.2) is 44.8 Å². The second-order valence-corrected chi connectivity index (χ2v) is 7.58. The van der Waals surface area contributed by atoms with Crippen LogP contribution in [0.4, 0.5) is 0 Å². The Bertz CT molecular complexity index is 1250. The van der Waals surface area contributed by atoms with Gasteiger partial charge in [0.1, 0.15) is 12.2 Å². The highest BCUT2D eigenvalue weighted by Crippen LogP contribution is 2.40. The average molecular weight is 435 g/mol. The lowest BCUT2D eigenvalue weighted by atomic mass is 9.97. The van der Waals surface area contributed by atoms with E-state index in [9.17, 15) is 9.59 Å². The van der Waals surface area contributed by atoms with E-state index >= 15 is 0 Å². The number of hydrogen-bond donors (Lipinski definition) is 0. The van der Waals surface area contributed by atoms with Crippen LogP contribution in [0.3, 0.4) is 0 Å². The van der Waals surface area contributed by atoms with Crippen molar-refractivity contribution < 1.29 is 23.4 Å². The van der Waals surface area contributed by atoms with Gasteiger partial charge in [0, 0.05) is 13.7 Å². The third kappa shape index (κ3) is 3.65. The zero-order chi connectivity index (χ0) is 22.8. The summed E-state index contributed by atoms with van der Waals surface area (Å²) in [4.78, 5) is 28.4. The summed E-state index contributed by atoms with van der Waals surface area (Å²) >= 11 is 0. The zero-order valence-corrected chi connectivity index (χ0v) is 18.3. The molecule has 0 saturated heterocycles. The number of amides is 1. The van der Waals surface area contributed by atoms with Crippen LogP contribution in [0.5, 0.6) is 11.5 Å². The summed E-state index contributed by atoms with van der Waals surface area (Å²) in [5.74, 6) is 0.772. The molecule has 0 spiro atoms. The van der Waals surface area contributed by atoms with E-state index in [1.165, 1.54) is 0 Å². The number of carbonyl (C=O) groups is 1. The predicted molar refractivity (Wildman–Crippen MR) is 121 cm³/mol. The minimum atomic E-state index is -0.629. The zero-order valence-electron chi connectivity index (χ0n) is 18.3. The third-order valence-electron chi connectivity index (χ3n) is 5.52. The van der Waals surface area contributed by atoms with Crippen molar-refractivity contribution in [3.05, 3.63) is 81.7 Å². The van der Waals surface area contributed by atoms with Gasteiger partial charge < -0.3 is 23.5 Å². The maximum atomic E-state index is 13.5. The molecule has 1 aromatic heterocycles. The molecule has 1 unspecified atom stereocenters. The number of nitrogens with zero attached hydrogens (tertiary/aromatic N) is 1. The Hall–Kier alpha value is -3.58. The lowest BCUT2D eigenvalue weighted by Crippen LogP contribution is -2.32. The molecule has 0 bridgehead atoms. The Kier molecular flexibility index (Phi) is 6.01. The van der Waals surface area contributed by atoms with Gasteiger partial charge in [-0.1, -0.05) is 30.4 Å². The van der Waals surface area contributed by atoms with E-state index in [1.54, 1.807) is 49.5 Å². The summed E-state index contributed by atoms with van der Waals surface area (Å²) in [5.41, 5.74) is 2.16. The van der Waals surface area contributed by atoms with Crippen molar-refractivity contribution in [2.24, 2.45) is 0 Å². The van der Waals surface area contributed by atoms with E-state index in [1.807, 2.05) is 19.1 Å². The predicted octanol–water partition coefficient (Wildman–Crippen LogP) is 3.87. The lowest BCUT2D eigenvalue weighted by Gasteiger charge is -2.25. The van der Waals surface area contributed by atoms with Gasteiger partial charge in [-0.25, -0.2) is 0 Å². The highest BCUT2D eigenvalue weighted by molar-refractivity contribution is 5.99. The van der Waals surface area contributed by atoms with Gasteiger partial charge >= 0.3 is 0 Å². The SMILES string of the molecule is C=CCOc1ccc(C2c3c(oc4ccc(C)cc4c3=O)C(=O)N2CCOC)cc1OC. The van der Waals surface area contributed by atoms with Crippen molar-refractivity contribution in [3.63, 3.8) is 0 Å². The molecule has 3 aromatic rings. The molecular weight excluding hydrogens is 410 g/mol. The van der Waals surface area contributed by atoms with Crippen molar-refractivity contribution in [2.75, 3.05) is 34.0 Å². The van der Waals surface area contributed by atoms with E-state index in [0.717, 1.165) is 11.1 Å². The molecule has 1 amide bonds. The first-order valence-corrected chi connectivity index (χ1v) is 10.3. The Balaban J connectivity index is 1.91. The molecule has 0 saturated carbocycles. The summed E-state index contributed by atoms with van der Waals surface area (Å²) in [5, 5.41) is 0.452. The molecule has 7 nitrogen and oxygen atoms in total. The molecule has 1 aliphatic heterocycles. The van der Waals surface area contributed by atoms with Crippen LogP contribution >= 0.6 is 0 Å². The number of benzene rings is 2. The number of fused-ring (bicyclic) bond motifs is 2. The van der Waals surface area contributed by atoms with Crippen molar-refractivity contribution in [3.8, 4) is 11.5 Å². The first-order valence-electron chi connectivity index (χ1n) is 10.3. The van der Waals surface area contributed by atoms with E-state index in [2.05, 4.69) is 6.58 Å². The average Bonchev–Trinajstić information content (AvgIpc) is 3.08. The minimum Gasteiger partial charge on any atom is -0.493 e. The fourth-order valence-corrected chi connectivity index (χ4v) is 4.02. The summed E-state index contributed by atoms with van der Waals surface area (Å²) in [6.45, 7) is 6.52. The van der Waals surface area contributed by atoms with E-state index in [-0.39, 0.29) is 17.1 Å². The minimum absolute atomic E-state index is 0.0680. The molecule has 4 rings (SSSR count). The van der Waals surface area contributed by atoms with Crippen LogP contribution in [0, 0.1) is 6.92 Å². The van der Waals surface area contributed by atoms with Crippen LogP contribution in [0.15, 0.2) is 58.3 Å². The molecule has 1 aliphatic rings. The number of aryl methyl sites for hydroxylation is 1. The molecule has 0 N–H and O–H groups in total. The number of methoxy groups -OCH3 is 2. The fourth-order valence-electron chi connectivity index (χ4n) is 4.02. The van der Waals surface area contributed by atoms with Gasteiger partial charge in [0.05, 0.1) is 30.7 Å². The number of carbonyl (C=O) groups excluding carboxylic acids is 1. The monoisotopic (exact) mass is 435 g/mol. The van der Waals surface area contributed by atoms with Gasteiger partial charge in [-0.05, 0) is 36.8 Å². The van der Waals surface area contributed by atoms with Crippen LogP contribution < -0.4 is 14.9 Å². The van der Waals surface area contributed by atoms with Gasteiger partial charge in [-0.2, -0.15) is 0 Å². The smallest absolute Gasteiger partial charge is 0.290 e. The summed E-state index contributed by atoms with van der Waals surface area (Å²) in [7, 11) is 3.11. The Morgan fingerprint density at radius 1 is 1.12 bits per heavy atom. The largest absolute Gasteiger partial charge is 0.493 e. The third-order valence-corrected chi connectivity index (χ3v) is 5.52. The molecule has 0 aliphatic carbocycles. The van der Waals surface area contributed by atoms with Gasteiger partial charge in [0.2, 0.25) is 5.76 Å². The summed E-state index contributed by atoms with van der Waals surface area (Å²) in [6, 6.07) is 10.1. The molecular formula is C25H25NO6. The van der Waals surface area contributed by atoms with Crippen LogP contribution in [0.1, 0.15) is 33.3 Å². The van der Waals surface area contributed by atoms with Crippen molar-refractivity contribution in [1.82, 2.24) is 4.90 Å². The molecule has 2 heterocycles. The highest BCUT2D eigenvalue weighted by atomic mass is 16.5. The first kappa shape index (κ1) is 21.6. The molecule has 0 fully saturated rings. The number of ether oxygens (including phenoxy) is 3. The molecule has 166 valence electrons. The summed E-state index contributed by atoms with van der Waals surface area (Å²) < 4.78 is 22.3. The number of hydrogen-bond acceptors (Lipinski definition) is 6. The lowest BCUT2D eigenvalue weighted by molar-refractivity contribution is 0.0663. The van der Waals surface area contributed by atoms with Crippen LogP contribution in [0.2, 0.25) is 0 Å². The Morgan fingerprint density at radius 2 is 1.94 bits per heavy atom. The van der Waals surface area contributed by atoms with E-state index in [0.29, 0.717) is 47.8 Å². The Morgan fingerprint density at radius 3 is 2.66 bits per heavy atom. The maximum absolute atomic E-state index is 13.5. The molecule has 2 aromatic carbocycles. The standard InChI is InChI=1S/C25H25NO6/c1-5-11-31-19-9-7-16(14-20(19)30-4)22-21-23(27)17-13-15(2)6-8-18(17)32-24(21)25(28)26(22)10-12-29-3/h5-9,13-14,22H,1,10-12H2,2-4H3. The second kappa shape index (κ2) is 8.88. The number of rotatable bonds is 8. The molecule has 32 heavy (non-hydrogen) atoms. The van der Waals surface area contributed by atoms with E-state index < -0.39 is 6.04 Å². The van der Waals surface area contributed by atoms with Gasteiger partial charge in [-0.3, -0.25) is 9.59 Å². The quantitative estimate of drug-likeness (QED) is 0.500. The molecule has 1 atom stereocenters. The summed E-state index contributed by atoms with van der Waals surface area (Å²) in [6.07, 6.45) is 1.64. The molecule has 7 heteroatoms. The second-order valence-electron chi connectivity index (χ2n) is 7.58. The van der Waals surface area contributed by atoms with Gasteiger partial charge in [-0.15, -0.1) is 0 Å².